The summed E-state index contributed by atoms with van der Waals surface area (Å²) in [6.45, 7) is 1.23. The van der Waals surface area contributed by atoms with Crippen LogP contribution in [0.15, 0.2) is 24.3 Å². The van der Waals surface area contributed by atoms with Crippen molar-refractivity contribution in [2.75, 3.05) is 13.2 Å². The minimum atomic E-state index is -0.619. The van der Waals surface area contributed by atoms with Crippen LogP contribution < -0.4 is 15.6 Å². The molecule has 0 unspecified atom stereocenters. The minimum Gasteiger partial charge on any atom is -0.484 e. The largest absolute Gasteiger partial charge is 0.484 e. The van der Waals surface area contributed by atoms with Crippen LogP contribution in [-0.2, 0) is 19.1 Å². The van der Waals surface area contributed by atoms with E-state index in [0.29, 0.717) is 16.7 Å². The van der Waals surface area contributed by atoms with Crippen molar-refractivity contribution < 1.29 is 23.9 Å². The zero-order valence-corrected chi connectivity index (χ0v) is 13.3. The standard InChI is InChI=1S/C15H17ClN2O5/c1-9-6-12(9)15(21)23-8-14(20)18-17-13(19)7-22-11-4-2-10(16)3-5-11/h2-5,9,12H,6-8H2,1H3,(H,17,19)(H,18,20)/t9-,12+/m0/s1. The molecule has 2 atom stereocenters. The highest BCUT2D eigenvalue weighted by Gasteiger charge is 2.40. The Kier molecular flexibility index (Phi) is 5.81. The first-order chi connectivity index (χ1) is 11.0. The lowest BCUT2D eigenvalue weighted by Gasteiger charge is -2.09. The van der Waals surface area contributed by atoms with Gasteiger partial charge in [0.05, 0.1) is 5.92 Å². The molecule has 0 aromatic heterocycles. The lowest BCUT2D eigenvalue weighted by Crippen LogP contribution is -2.45. The summed E-state index contributed by atoms with van der Waals surface area (Å²) < 4.78 is 10.0. The molecule has 7 nitrogen and oxygen atoms in total. The Balaban J connectivity index is 1.59. The van der Waals surface area contributed by atoms with Crippen LogP contribution in [0.5, 0.6) is 5.75 Å². The second kappa shape index (κ2) is 7.82. The number of benzene rings is 1. The van der Waals surface area contributed by atoms with Gasteiger partial charge < -0.3 is 9.47 Å². The lowest BCUT2D eigenvalue weighted by atomic mass is 10.3. The van der Waals surface area contributed by atoms with Crippen LogP contribution in [0.1, 0.15) is 13.3 Å². The number of amides is 2. The van der Waals surface area contributed by atoms with E-state index in [2.05, 4.69) is 10.9 Å². The Morgan fingerprint density at radius 3 is 2.26 bits per heavy atom. The van der Waals surface area contributed by atoms with Crippen molar-refractivity contribution >= 4 is 29.4 Å². The molecule has 1 aliphatic rings. The van der Waals surface area contributed by atoms with Gasteiger partial charge in [-0.05, 0) is 36.6 Å². The Morgan fingerprint density at radius 2 is 1.70 bits per heavy atom. The van der Waals surface area contributed by atoms with Gasteiger partial charge in [-0.3, -0.25) is 25.2 Å². The highest BCUT2D eigenvalue weighted by Crippen LogP contribution is 2.38. The molecule has 2 N–H and O–H groups in total. The molecule has 124 valence electrons. The quantitative estimate of drug-likeness (QED) is 0.596. The molecule has 0 radical (unpaired) electrons. The second-order valence-electron chi connectivity index (χ2n) is 5.27. The predicted molar refractivity (Wildman–Crippen MR) is 81.5 cm³/mol. The van der Waals surface area contributed by atoms with E-state index < -0.39 is 18.4 Å². The maximum Gasteiger partial charge on any atom is 0.309 e. The number of hydrogen-bond donors (Lipinski definition) is 2. The number of hydrazine groups is 1. The van der Waals surface area contributed by atoms with E-state index in [1.807, 2.05) is 6.92 Å². The molecule has 1 aliphatic carbocycles. The third-order valence-corrected chi connectivity index (χ3v) is 3.53. The molecule has 0 aliphatic heterocycles. The first-order valence-electron chi connectivity index (χ1n) is 7.08. The molecule has 1 fully saturated rings. The average molecular weight is 341 g/mol. The zero-order valence-electron chi connectivity index (χ0n) is 12.5. The van der Waals surface area contributed by atoms with E-state index in [4.69, 9.17) is 21.1 Å². The molecule has 2 amide bonds. The Bertz CT molecular complexity index is 590. The van der Waals surface area contributed by atoms with Crippen LogP contribution in [0.2, 0.25) is 5.02 Å². The van der Waals surface area contributed by atoms with Gasteiger partial charge in [-0.15, -0.1) is 0 Å². The summed E-state index contributed by atoms with van der Waals surface area (Å²) in [6, 6.07) is 6.50. The molecule has 1 saturated carbocycles. The van der Waals surface area contributed by atoms with Crippen molar-refractivity contribution in [1.29, 1.82) is 0 Å². The summed E-state index contributed by atoms with van der Waals surface area (Å²) in [4.78, 5) is 34.4. The van der Waals surface area contributed by atoms with Gasteiger partial charge in [0, 0.05) is 5.02 Å². The smallest absolute Gasteiger partial charge is 0.309 e. The summed E-state index contributed by atoms with van der Waals surface area (Å²) in [5, 5.41) is 0.559. The molecule has 2 rings (SSSR count). The topological polar surface area (TPSA) is 93.7 Å². The van der Waals surface area contributed by atoms with Crippen LogP contribution in [0.4, 0.5) is 0 Å². The van der Waals surface area contributed by atoms with Gasteiger partial charge in [-0.25, -0.2) is 0 Å². The monoisotopic (exact) mass is 340 g/mol. The molecule has 8 heteroatoms. The molecule has 1 aromatic carbocycles. The summed E-state index contributed by atoms with van der Waals surface area (Å²) in [5.74, 6) is -0.865. The van der Waals surface area contributed by atoms with Gasteiger partial charge in [-0.1, -0.05) is 18.5 Å². The van der Waals surface area contributed by atoms with Gasteiger partial charge in [0.25, 0.3) is 11.8 Å². The van der Waals surface area contributed by atoms with Gasteiger partial charge in [0.15, 0.2) is 13.2 Å². The SMILES string of the molecule is C[C@H]1C[C@H]1C(=O)OCC(=O)NNC(=O)COc1ccc(Cl)cc1. The Hall–Kier alpha value is -2.28. The molecule has 0 saturated heterocycles. The van der Waals surface area contributed by atoms with E-state index in [1.54, 1.807) is 24.3 Å². The van der Waals surface area contributed by atoms with E-state index in [-0.39, 0.29) is 18.5 Å². The third-order valence-electron chi connectivity index (χ3n) is 3.28. The number of carbonyl (C=O) groups is 3. The maximum absolute atomic E-state index is 11.5. The number of esters is 1. The summed E-state index contributed by atoms with van der Waals surface area (Å²) in [6.07, 6.45) is 0.791. The maximum atomic E-state index is 11.5. The van der Waals surface area contributed by atoms with Crippen molar-refractivity contribution in [3.63, 3.8) is 0 Å². The van der Waals surface area contributed by atoms with E-state index in [1.165, 1.54) is 0 Å². The number of carbonyl (C=O) groups excluding carboxylic acids is 3. The number of nitrogens with one attached hydrogen (secondary N) is 2. The zero-order chi connectivity index (χ0) is 16.8. The minimum absolute atomic E-state index is 0.106. The average Bonchev–Trinajstić information content (AvgIpc) is 3.27. The van der Waals surface area contributed by atoms with Gasteiger partial charge in [0.1, 0.15) is 5.75 Å². The summed E-state index contributed by atoms with van der Waals surface area (Å²) in [5.41, 5.74) is 4.30. The van der Waals surface area contributed by atoms with Crippen LogP contribution in [0.3, 0.4) is 0 Å². The fraction of sp³-hybridized carbons (Fsp3) is 0.400. The van der Waals surface area contributed by atoms with Crippen molar-refractivity contribution in [2.45, 2.75) is 13.3 Å². The second-order valence-corrected chi connectivity index (χ2v) is 5.70. The fourth-order valence-corrected chi connectivity index (χ4v) is 1.91. The number of ether oxygens (including phenoxy) is 2. The summed E-state index contributed by atoms with van der Waals surface area (Å²) in [7, 11) is 0. The normalized spacial score (nSPS) is 18.7. The highest BCUT2D eigenvalue weighted by molar-refractivity contribution is 6.30. The van der Waals surface area contributed by atoms with E-state index in [0.717, 1.165) is 6.42 Å². The van der Waals surface area contributed by atoms with Crippen molar-refractivity contribution in [3.8, 4) is 5.75 Å². The highest BCUT2D eigenvalue weighted by atomic mass is 35.5. The molecule has 0 bridgehead atoms. The van der Waals surface area contributed by atoms with Crippen LogP contribution in [0.25, 0.3) is 0 Å². The molecule has 23 heavy (non-hydrogen) atoms. The van der Waals surface area contributed by atoms with Crippen LogP contribution in [0, 0.1) is 11.8 Å². The van der Waals surface area contributed by atoms with E-state index in [9.17, 15) is 14.4 Å². The van der Waals surface area contributed by atoms with E-state index >= 15 is 0 Å². The Labute approximate surface area is 138 Å². The third kappa shape index (κ3) is 5.78. The van der Waals surface area contributed by atoms with Crippen molar-refractivity contribution in [1.82, 2.24) is 10.9 Å². The van der Waals surface area contributed by atoms with Gasteiger partial charge in [-0.2, -0.15) is 0 Å². The van der Waals surface area contributed by atoms with Crippen LogP contribution >= 0.6 is 11.6 Å². The number of halogens is 1. The molecule has 0 spiro atoms. The fourth-order valence-electron chi connectivity index (χ4n) is 1.79. The number of hydrogen-bond acceptors (Lipinski definition) is 5. The van der Waals surface area contributed by atoms with Gasteiger partial charge in [0.2, 0.25) is 0 Å². The molecular weight excluding hydrogens is 324 g/mol. The number of rotatable bonds is 6. The summed E-state index contributed by atoms with van der Waals surface area (Å²) >= 11 is 5.72. The van der Waals surface area contributed by atoms with Crippen molar-refractivity contribution in [3.05, 3.63) is 29.3 Å². The van der Waals surface area contributed by atoms with Gasteiger partial charge >= 0.3 is 5.97 Å². The predicted octanol–water partition coefficient (Wildman–Crippen LogP) is 1.07. The lowest BCUT2D eigenvalue weighted by molar-refractivity contribution is -0.150. The van der Waals surface area contributed by atoms with Crippen LogP contribution in [-0.4, -0.2) is 31.0 Å². The first kappa shape index (κ1) is 17.1. The Morgan fingerprint density at radius 1 is 1.13 bits per heavy atom. The first-order valence-corrected chi connectivity index (χ1v) is 7.46. The molecule has 1 aromatic rings. The molecular formula is C15H17ClN2O5. The molecule has 0 heterocycles. The van der Waals surface area contributed by atoms with Crippen molar-refractivity contribution in [2.24, 2.45) is 11.8 Å².